The van der Waals surface area contributed by atoms with Crippen molar-refractivity contribution in [1.29, 1.82) is 0 Å². The summed E-state index contributed by atoms with van der Waals surface area (Å²) in [6.45, 7) is 0.418. The number of anilines is 3. The second-order valence-corrected chi connectivity index (χ2v) is 22.6. The molecule has 0 amide bonds. The maximum Gasteiger partial charge on any atom is 0.161 e. The van der Waals surface area contributed by atoms with E-state index in [-0.39, 0.29) is 30.9 Å². The van der Waals surface area contributed by atoms with Crippen LogP contribution in [-0.2, 0) is 42.3 Å². The molecule has 9 heterocycles. The molecule has 24 nitrogen and oxygen atoms in total. The molecule has 0 unspecified atom stereocenters. The van der Waals surface area contributed by atoms with Gasteiger partial charge in [-0.2, -0.15) is 30.6 Å². The quantitative estimate of drug-likeness (QED) is 0.0526. The van der Waals surface area contributed by atoms with Crippen molar-refractivity contribution in [2.45, 2.75) is 62.8 Å². The second-order valence-electron chi connectivity index (χ2n) is 22.6. The van der Waals surface area contributed by atoms with E-state index >= 15 is 0 Å². The zero-order valence-electron chi connectivity index (χ0n) is 50.9. The normalized spacial score (nSPS) is 16.1. The number of hydrogen-bond acceptors (Lipinski definition) is 18. The summed E-state index contributed by atoms with van der Waals surface area (Å²) >= 11 is 0. The topological polar surface area (TPSA) is 281 Å². The maximum atomic E-state index is 10.3. The van der Waals surface area contributed by atoms with Gasteiger partial charge in [0.1, 0.15) is 17.5 Å². The van der Waals surface area contributed by atoms with Crippen molar-refractivity contribution >= 4 is 17.5 Å². The largest absolute Gasteiger partial charge is 0.395 e. The van der Waals surface area contributed by atoms with Crippen molar-refractivity contribution in [3.8, 4) is 101 Å². The highest BCUT2D eigenvalue weighted by molar-refractivity contribution is 5.79. The molecule has 14 rings (SSSR count). The number of hydrogen-bond donors (Lipinski definition) is 6. The van der Waals surface area contributed by atoms with Gasteiger partial charge in [0.25, 0.3) is 0 Å². The number of rotatable bonds is 16. The molecule has 0 bridgehead atoms. The van der Waals surface area contributed by atoms with Crippen LogP contribution < -0.4 is 16.0 Å². The molecule has 0 spiro atoms. The van der Waals surface area contributed by atoms with E-state index in [1.54, 1.807) is 46.7 Å². The summed E-state index contributed by atoms with van der Waals surface area (Å²) in [6.07, 6.45) is 30.9. The summed E-state index contributed by atoms with van der Waals surface area (Å²) in [6, 6.07) is 26.2. The third-order valence-electron chi connectivity index (χ3n) is 15.9. The zero-order valence-corrected chi connectivity index (χ0v) is 50.9. The van der Waals surface area contributed by atoms with Gasteiger partial charge in [-0.15, -0.1) is 0 Å². The summed E-state index contributed by atoms with van der Waals surface area (Å²) in [4.78, 5) is 28.3. The van der Waals surface area contributed by atoms with E-state index in [0.29, 0.717) is 35.7 Å². The van der Waals surface area contributed by atoms with Crippen molar-refractivity contribution in [1.82, 2.24) is 88.6 Å². The highest BCUT2D eigenvalue weighted by Crippen LogP contribution is 2.35. The van der Waals surface area contributed by atoms with E-state index in [2.05, 4.69) is 85.8 Å². The number of nitrogens with one attached hydrogen (secondary N) is 3. The van der Waals surface area contributed by atoms with Gasteiger partial charge in [0.05, 0.1) is 73.1 Å². The van der Waals surface area contributed by atoms with Gasteiger partial charge in [-0.05, 0) is 79.5 Å². The summed E-state index contributed by atoms with van der Waals surface area (Å²) in [5, 5.41) is 65.8. The van der Waals surface area contributed by atoms with Gasteiger partial charge in [0.15, 0.2) is 17.5 Å². The molecular weight excluding hydrogens is 1130 g/mol. The molecule has 9 aromatic heterocycles. The monoisotopic (exact) mass is 1210 g/mol. The van der Waals surface area contributed by atoms with Crippen LogP contribution in [0.25, 0.3) is 101 Å². The van der Waals surface area contributed by atoms with Crippen LogP contribution >= 0.6 is 0 Å². The first-order chi connectivity index (χ1) is 43.8. The van der Waals surface area contributed by atoms with Crippen molar-refractivity contribution in [3.63, 3.8) is 0 Å². The molecule has 458 valence electrons. The van der Waals surface area contributed by atoms with E-state index < -0.39 is 0 Å². The molecular formula is C66H71N21O3. The van der Waals surface area contributed by atoms with Gasteiger partial charge in [-0.3, -0.25) is 28.1 Å². The summed E-state index contributed by atoms with van der Waals surface area (Å²) in [5.41, 5.74) is 14.2. The Labute approximate surface area is 520 Å². The Kier molecular flexibility index (Phi) is 17.8. The lowest BCUT2D eigenvalue weighted by atomic mass is 10.1. The third-order valence-corrected chi connectivity index (χ3v) is 15.9. The molecule has 0 saturated heterocycles. The second kappa shape index (κ2) is 26.8. The van der Waals surface area contributed by atoms with Crippen LogP contribution in [0.4, 0.5) is 17.5 Å². The first kappa shape index (κ1) is 59.8. The third kappa shape index (κ3) is 13.9. The lowest BCUT2D eigenvalue weighted by molar-refractivity contribution is 0.171. The molecule has 24 heteroatoms. The van der Waals surface area contributed by atoms with Crippen LogP contribution in [-0.4, -0.2) is 141 Å². The number of aliphatic hydroxyl groups is 3. The molecule has 6 N–H and O–H groups in total. The van der Waals surface area contributed by atoms with Gasteiger partial charge in [-0.25, -0.2) is 29.9 Å². The first-order valence-corrected chi connectivity index (χ1v) is 29.9. The van der Waals surface area contributed by atoms with Crippen LogP contribution in [0.1, 0.15) is 38.5 Å². The van der Waals surface area contributed by atoms with Gasteiger partial charge < -0.3 is 31.3 Å². The lowest BCUT2D eigenvalue weighted by Gasteiger charge is -2.19. The van der Waals surface area contributed by atoms with Crippen molar-refractivity contribution in [3.05, 3.63) is 166 Å². The van der Waals surface area contributed by atoms with E-state index in [9.17, 15) is 15.3 Å². The Morgan fingerprint density at radius 2 is 0.778 bits per heavy atom. The molecule has 4 atom stereocenters. The Hall–Kier alpha value is -10.6. The minimum Gasteiger partial charge on any atom is -0.395 e. The average Bonchev–Trinajstić information content (AvgIpc) is 1.36. The lowest BCUT2D eigenvalue weighted by Crippen LogP contribution is -2.28. The van der Waals surface area contributed by atoms with Crippen LogP contribution in [0, 0.1) is 0 Å². The van der Waals surface area contributed by atoms with Crippen molar-refractivity contribution in [2.75, 3.05) is 29.1 Å². The van der Waals surface area contributed by atoms with Gasteiger partial charge in [0, 0.05) is 160 Å². The van der Waals surface area contributed by atoms with Crippen molar-refractivity contribution in [2.24, 2.45) is 42.3 Å². The molecule has 2 saturated carbocycles. The Morgan fingerprint density at radius 1 is 0.411 bits per heavy atom. The first-order valence-electron chi connectivity index (χ1n) is 29.9. The fourth-order valence-corrected chi connectivity index (χ4v) is 11.2. The number of aliphatic hydroxyl groups excluding tert-OH is 3. The maximum absolute atomic E-state index is 10.3. The molecule has 0 radical (unpaired) electrons. The molecule has 2 aliphatic rings. The average molecular weight is 1210 g/mol. The number of benzene rings is 3. The van der Waals surface area contributed by atoms with E-state index in [1.807, 2.05) is 165 Å². The summed E-state index contributed by atoms with van der Waals surface area (Å²) in [7, 11) is 11.3. The smallest absolute Gasteiger partial charge is 0.161 e. The van der Waals surface area contributed by atoms with E-state index in [0.717, 1.165) is 128 Å². The standard InChI is InChI=1S/2C23H25N7O.C20H21N7O/c1-29-13-17(10-25-29)15-5-3-6-16(9-15)22-24-12-19(18-11-26-30(2)14-18)23(28-22)27-20-7-4-8-21(20)31;1-29-10-9-19(28-29)18-13-24-22(27-23(18)26-20-7-4-8-21(20)31)16-6-3-5-15(11-16)17-12-25-30(2)14-17;1-26-12-16(9-23-26)14-4-3-5-15(8-14)19-22-11-18(17-10-24-27(2)13-17)20(25-19)21-6-7-28/h3,5-6,9-14,20-21,31H,4,7-8H2,1-2H3,(H,24,27,28);3,5-6,9-14,20-21,31H,4,7-8H2,1-2H3,(H,24,26,27);3-5,8-13,28H,6-7H2,1-2H3,(H,21,22,25)/t2*20-,21-;/m00./s1. The van der Waals surface area contributed by atoms with Gasteiger partial charge in [-0.1, -0.05) is 54.6 Å². The predicted molar refractivity (Wildman–Crippen MR) is 346 cm³/mol. The summed E-state index contributed by atoms with van der Waals surface area (Å²) < 4.78 is 10.6. The van der Waals surface area contributed by atoms with Gasteiger partial charge >= 0.3 is 0 Å². The zero-order chi connectivity index (χ0) is 62.3. The molecule has 90 heavy (non-hydrogen) atoms. The molecule has 2 aliphatic carbocycles. The fourth-order valence-electron chi connectivity index (χ4n) is 11.2. The molecule has 2 fully saturated rings. The molecule has 12 aromatic rings. The highest BCUT2D eigenvalue weighted by Gasteiger charge is 2.29. The van der Waals surface area contributed by atoms with E-state index in [4.69, 9.17) is 15.0 Å². The number of aryl methyl sites for hydroxylation is 6. The number of aromatic nitrogens is 18. The van der Waals surface area contributed by atoms with E-state index in [1.165, 1.54) is 0 Å². The van der Waals surface area contributed by atoms with Gasteiger partial charge in [0.2, 0.25) is 0 Å². The summed E-state index contributed by atoms with van der Waals surface area (Å²) in [5.74, 6) is 3.95. The molecule has 3 aromatic carbocycles. The Bertz CT molecular complexity index is 4210. The van der Waals surface area contributed by atoms with Crippen molar-refractivity contribution < 1.29 is 15.3 Å². The van der Waals surface area contributed by atoms with Crippen LogP contribution in [0.15, 0.2) is 166 Å². The Morgan fingerprint density at radius 3 is 1.13 bits per heavy atom. The predicted octanol–water partition coefficient (Wildman–Crippen LogP) is 8.89. The molecule has 0 aliphatic heterocycles. The van der Waals surface area contributed by atoms with Crippen LogP contribution in [0.5, 0.6) is 0 Å². The van der Waals surface area contributed by atoms with Crippen LogP contribution in [0.2, 0.25) is 0 Å². The SMILES string of the molecule is Cn1cc(-c2cccc(-c3ncc(-c4ccn(C)n4)c(N[C@H]4CCC[C@@H]4O)n3)c2)cn1.Cn1cc(-c2cccc(-c3ncc(-c4cnn(C)c4)c(NCCO)n3)c2)cn1.Cn1cc(-c2cccc(-c3ncc(-c4cnn(C)c4)c(N[C@H]4CCC[C@@H]4O)n3)c2)cn1. The highest BCUT2D eigenvalue weighted by atomic mass is 16.3. The minimum atomic E-state index is -0.371. The fraction of sp³-hybridized carbons (Fsp3) is 0.273. The minimum absolute atomic E-state index is 0.0140. The van der Waals surface area contributed by atoms with Crippen LogP contribution in [0.3, 0.4) is 0 Å². The Balaban J connectivity index is 0.000000131. The number of nitrogens with zero attached hydrogens (tertiary/aromatic N) is 18.